The lowest BCUT2D eigenvalue weighted by Gasteiger charge is -2.02. The molecule has 0 aromatic rings. The molecule has 0 aliphatic rings. The SMILES string of the molecule is C=CCCCCCC(=O)CCCCCCCCC. The first-order valence-corrected chi connectivity index (χ1v) is 7.93. The molecule has 0 saturated heterocycles. The largest absolute Gasteiger partial charge is 0.300 e. The summed E-state index contributed by atoms with van der Waals surface area (Å²) in [6, 6.07) is 0. The van der Waals surface area contributed by atoms with Gasteiger partial charge in [-0.05, 0) is 25.7 Å². The molecule has 0 aromatic heterocycles. The highest BCUT2D eigenvalue weighted by atomic mass is 16.1. The van der Waals surface area contributed by atoms with Crippen LogP contribution in [0.25, 0.3) is 0 Å². The molecule has 18 heavy (non-hydrogen) atoms. The monoisotopic (exact) mass is 252 g/mol. The van der Waals surface area contributed by atoms with Crippen molar-refractivity contribution in [3.8, 4) is 0 Å². The summed E-state index contributed by atoms with van der Waals surface area (Å²) in [4.78, 5) is 11.6. The lowest BCUT2D eigenvalue weighted by molar-refractivity contribution is -0.119. The smallest absolute Gasteiger partial charge is 0.132 e. The third kappa shape index (κ3) is 13.5. The van der Waals surface area contributed by atoms with Crippen LogP contribution in [-0.4, -0.2) is 5.78 Å². The van der Waals surface area contributed by atoms with Crippen LogP contribution in [-0.2, 0) is 4.79 Å². The highest BCUT2D eigenvalue weighted by molar-refractivity contribution is 5.78. The number of hydrogen-bond donors (Lipinski definition) is 0. The number of Topliss-reactive ketones (excluding diaryl/α,β-unsaturated/α-hetero) is 1. The van der Waals surface area contributed by atoms with Gasteiger partial charge >= 0.3 is 0 Å². The van der Waals surface area contributed by atoms with E-state index in [9.17, 15) is 4.79 Å². The minimum absolute atomic E-state index is 0.474. The fourth-order valence-corrected chi connectivity index (χ4v) is 2.19. The van der Waals surface area contributed by atoms with Crippen LogP contribution in [0.4, 0.5) is 0 Å². The molecule has 0 aromatic carbocycles. The molecule has 0 saturated carbocycles. The van der Waals surface area contributed by atoms with Crippen LogP contribution in [0.5, 0.6) is 0 Å². The van der Waals surface area contributed by atoms with E-state index in [-0.39, 0.29) is 0 Å². The van der Waals surface area contributed by atoms with E-state index in [0.717, 1.165) is 32.1 Å². The minimum Gasteiger partial charge on any atom is -0.300 e. The first kappa shape index (κ1) is 17.4. The summed E-state index contributed by atoms with van der Waals surface area (Å²) in [7, 11) is 0. The van der Waals surface area contributed by atoms with Crippen molar-refractivity contribution in [1.82, 2.24) is 0 Å². The molecule has 0 unspecified atom stereocenters. The van der Waals surface area contributed by atoms with Gasteiger partial charge in [-0.15, -0.1) is 6.58 Å². The van der Waals surface area contributed by atoms with E-state index in [4.69, 9.17) is 0 Å². The van der Waals surface area contributed by atoms with Crippen molar-refractivity contribution >= 4 is 5.78 Å². The molecule has 0 aliphatic carbocycles. The summed E-state index contributed by atoms with van der Waals surface area (Å²) >= 11 is 0. The zero-order chi connectivity index (χ0) is 13.5. The van der Waals surface area contributed by atoms with Crippen molar-refractivity contribution in [2.75, 3.05) is 0 Å². The summed E-state index contributed by atoms with van der Waals surface area (Å²) < 4.78 is 0. The fraction of sp³-hybridized carbons (Fsp3) is 0.824. The van der Waals surface area contributed by atoms with Gasteiger partial charge in [0.2, 0.25) is 0 Å². The van der Waals surface area contributed by atoms with E-state index in [1.165, 1.54) is 51.4 Å². The average molecular weight is 252 g/mol. The van der Waals surface area contributed by atoms with Gasteiger partial charge in [0, 0.05) is 12.8 Å². The predicted molar refractivity (Wildman–Crippen MR) is 80.9 cm³/mol. The van der Waals surface area contributed by atoms with Crippen molar-refractivity contribution in [3.63, 3.8) is 0 Å². The third-order valence-corrected chi connectivity index (χ3v) is 3.42. The van der Waals surface area contributed by atoms with Crippen LogP contribution in [0.15, 0.2) is 12.7 Å². The van der Waals surface area contributed by atoms with Crippen LogP contribution in [0.1, 0.15) is 90.4 Å². The second-order valence-corrected chi connectivity index (χ2v) is 5.30. The van der Waals surface area contributed by atoms with E-state index >= 15 is 0 Å². The Hall–Kier alpha value is -0.590. The lowest BCUT2D eigenvalue weighted by Crippen LogP contribution is -1.97. The molecule has 0 atom stereocenters. The molecule has 106 valence electrons. The average Bonchev–Trinajstić information content (AvgIpc) is 2.37. The number of allylic oxidation sites excluding steroid dienone is 1. The molecule has 0 fully saturated rings. The van der Waals surface area contributed by atoms with Gasteiger partial charge in [-0.3, -0.25) is 4.79 Å². The van der Waals surface area contributed by atoms with Gasteiger partial charge in [-0.1, -0.05) is 57.9 Å². The van der Waals surface area contributed by atoms with Crippen molar-refractivity contribution in [1.29, 1.82) is 0 Å². The Labute approximate surface area is 114 Å². The van der Waals surface area contributed by atoms with Crippen LogP contribution >= 0.6 is 0 Å². The zero-order valence-electron chi connectivity index (χ0n) is 12.4. The first-order valence-electron chi connectivity index (χ1n) is 7.93. The Morgan fingerprint density at radius 1 is 0.833 bits per heavy atom. The number of unbranched alkanes of at least 4 members (excludes halogenated alkanes) is 9. The molecule has 0 amide bonds. The highest BCUT2D eigenvalue weighted by Gasteiger charge is 2.01. The quantitative estimate of drug-likeness (QED) is 0.281. The molecule has 0 radical (unpaired) electrons. The first-order chi connectivity index (χ1) is 8.81. The van der Waals surface area contributed by atoms with E-state index in [1.54, 1.807) is 0 Å². The third-order valence-electron chi connectivity index (χ3n) is 3.42. The number of ketones is 1. The fourth-order valence-electron chi connectivity index (χ4n) is 2.19. The predicted octanol–water partition coefficient (Wildman–Crippen LogP) is 5.83. The Morgan fingerprint density at radius 2 is 1.33 bits per heavy atom. The molecule has 0 N–H and O–H groups in total. The topological polar surface area (TPSA) is 17.1 Å². The Kier molecular flexibility index (Phi) is 14.0. The number of hydrogen-bond acceptors (Lipinski definition) is 1. The van der Waals surface area contributed by atoms with Gasteiger partial charge < -0.3 is 0 Å². The molecule has 0 bridgehead atoms. The lowest BCUT2D eigenvalue weighted by atomic mass is 10.0. The van der Waals surface area contributed by atoms with Crippen LogP contribution < -0.4 is 0 Å². The number of carbonyl (C=O) groups is 1. The zero-order valence-corrected chi connectivity index (χ0v) is 12.4. The van der Waals surface area contributed by atoms with Crippen LogP contribution in [0.3, 0.4) is 0 Å². The normalized spacial score (nSPS) is 10.5. The van der Waals surface area contributed by atoms with Gasteiger partial charge in [0.15, 0.2) is 0 Å². The standard InChI is InChI=1S/C17H32O/c1-3-5-7-9-10-12-14-16-17(18)15-13-11-8-6-4-2/h4H,2-3,5-16H2,1H3. The maximum atomic E-state index is 11.6. The summed E-state index contributed by atoms with van der Waals surface area (Å²) in [5, 5.41) is 0. The summed E-state index contributed by atoms with van der Waals surface area (Å²) in [6.07, 6.45) is 17.2. The second kappa shape index (κ2) is 14.5. The van der Waals surface area contributed by atoms with Crippen molar-refractivity contribution < 1.29 is 4.79 Å². The molecule has 0 heterocycles. The summed E-state index contributed by atoms with van der Waals surface area (Å²) in [5.41, 5.74) is 0. The second-order valence-electron chi connectivity index (χ2n) is 5.30. The number of rotatable bonds is 14. The van der Waals surface area contributed by atoms with Gasteiger partial charge in [0.05, 0.1) is 0 Å². The van der Waals surface area contributed by atoms with E-state index in [0.29, 0.717) is 5.78 Å². The van der Waals surface area contributed by atoms with Gasteiger partial charge in [0.25, 0.3) is 0 Å². The summed E-state index contributed by atoms with van der Waals surface area (Å²) in [6.45, 7) is 5.95. The van der Waals surface area contributed by atoms with Crippen molar-refractivity contribution in [3.05, 3.63) is 12.7 Å². The molecule has 1 heteroatoms. The summed E-state index contributed by atoms with van der Waals surface area (Å²) in [5.74, 6) is 0.474. The Bertz CT molecular complexity index is 196. The maximum absolute atomic E-state index is 11.6. The van der Waals surface area contributed by atoms with Crippen molar-refractivity contribution in [2.24, 2.45) is 0 Å². The Balaban J connectivity index is 3.14. The van der Waals surface area contributed by atoms with Crippen LogP contribution in [0.2, 0.25) is 0 Å². The van der Waals surface area contributed by atoms with E-state index in [1.807, 2.05) is 6.08 Å². The van der Waals surface area contributed by atoms with Gasteiger partial charge in [-0.2, -0.15) is 0 Å². The Morgan fingerprint density at radius 3 is 1.89 bits per heavy atom. The molecule has 0 rings (SSSR count). The number of carbonyl (C=O) groups excluding carboxylic acids is 1. The molecular weight excluding hydrogens is 220 g/mol. The van der Waals surface area contributed by atoms with E-state index < -0.39 is 0 Å². The molecule has 0 spiro atoms. The highest BCUT2D eigenvalue weighted by Crippen LogP contribution is 2.11. The minimum atomic E-state index is 0.474. The van der Waals surface area contributed by atoms with Crippen molar-refractivity contribution in [2.45, 2.75) is 90.4 Å². The molecule has 0 aliphatic heterocycles. The van der Waals surface area contributed by atoms with Gasteiger partial charge in [0.1, 0.15) is 5.78 Å². The maximum Gasteiger partial charge on any atom is 0.132 e. The van der Waals surface area contributed by atoms with Crippen LogP contribution in [0, 0.1) is 0 Å². The van der Waals surface area contributed by atoms with E-state index in [2.05, 4.69) is 13.5 Å². The molecular formula is C17H32O. The van der Waals surface area contributed by atoms with Gasteiger partial charge in [-0.25, -0.2) is 0 Å². The molecule has 1 nitrogen and oxygen atoms in total.